The molecule has 8 heteroatoms. The number of piperazine rings is 1. The minimum atomic E-state index is -0.326. The first-order valence-electron chi connectivity index (χ1n) is 7.60. The van der Waals surface area contributed by atoms with Crippen LogP contribution in [0.2, 0.25) is 5.02 Å². The summed E-state index contributed by atoms with van der Waals surface area (Å²) in [6.07, 6.45) is 3.05. The first kappa shape index (κ1) is 16.6. The van der Waals surface area contributed by atoms with E-state index in [0.717, 1.165) is 32.0 Å². The van der Waals surface area contributed by atoms with E-state index in [9.17, 15) is 9.18 Å². The number of hydrogen-bond donors (Lipinski definition) is 1. The Labute approximate surface area is 144 Å². The van der Waals surface area contributed by atoms with Gasteiger partial charge in [0.2, 0.25) is 5.91 Å². The second-order valence-electron chi connectivity index (χ2n) is 5.51. The van der Waals surface area contributed by atoms with E-state index in [4.69, 9.17) is 11.6 Å². The lowest BCUT2D eigenvalue weighted by molar-refractivity contribution is -0.117. The molecule has 1 fully saturated rings. The van der Waals surface area contributed by atoms with E-state index >= 15 is 0 Å². The summed E-state index contributed by atoms with van der Waals surface area (Å²) in [5, 5.41) is 3.29. The third-order valence-corrected chi connectivity index (χ3v) is 4.08. The molecule has 24 heavy (non-hydrogen) atoms. The average molecular weight is 350 g/mol. The van der Waals surface area contributed by atoms with Gasteiger partial charge in [0.05, 0.1) is 12.7 Å². The smallest absolute Gasteiger partial charge is 0.238 e. The monoisotopic (exact) mass is 349 g/mol. The third kappa shape index (κ3) is 4.18. The summed E-state index contributed by atoms with van der Waals surface area (Å²) in [6, 6.07) is 5.73. The number of benzene rings is 1. The van der Waals surface area contributed by atoms with Gasteiger partial charge in [0.15, 0.2) is 5.82 Å². The molecule has 0 atom stereocenters. The molecule has 0 bridgehead atoms. The number of carbonyl (C=O) groups excluding carboxylic acids is 1. The van der Waals surface area contributed by atoms with Crippen molar-refractivity contribution in [2.75, 3.05) is 42.9 Å². The van der Waals surface area contributed by atoms with E-state index in [1.54, 1.807) is 18.3 Å². The first-order valence-corrected chi connectivity index (χ1v) is 7.98. The Balaban J connectivity index is 1.49. The van der Waals surface area contributed by atoms with E-state index in [0.29, 0.717) is 17.3 Å². The number of hydrogen-bond acceptors (Lipinski definition) is 5. The molecule has 0 aliphatic carbocycles. The Morgan fingerprint density at radius 3 is 2.58 bits per heavy atom. The highest BCUT2D eigenvalue weighted by atomic mass is 35.5. The van der Waals surface area contributed by atoms with Gasteiger partial charge in [0, 0.05) is 31.9 Å². The predicted octanol–water partition coefficient (Wildman–Crippen LogP) is 2.03. The van der Waals surface area contributed by atoms with Gasteiger partial charge in [-0.25, -0.2) is 14.4 Å². The maximum Gasteiger partial charge on any atom is 0.238 e. The van der Waals surface area contributed by atoms with Crippen LogP contribution in [0.4, 0.5) is 15.9 Å². The standard InChI is InChI=1S/C16H17ClFN5O/c17-14-9-19-11-20-16(14)23-7-5-22(6-8-23)10-15(24)21-13-3-1-12(18)2-4-13/h1-4,9,11H,5-8,10H2,(H,21,24). The topological polar surface area (TPSA) is 61.4 Å². The van der Waals surface area contributed by atoms with Gasteiger partial charge in [-0.3, -0.25) is 9.69 Å². The molecule has 1 saturated heterocycles. The van der Waals surface area contributed by atoms with Crippen LogP contribution in [0.15, 0.2) is 36.8 Å². The molecule has 3 rings (SSSR count). The van der Waals surface area contributed by atoms with Crippen LogP contribution in [0, 0.1) is 5.82 Å². The van der Waals surface area contributed by atoms with Crippen LogP contribution in [-0.2, 0) is 4.79 Å². The summed E-state index contributed by atoms with van der Waals surface area (Å²) in [7, 11) is 0. The highest BCUT2D eigenvalue weighted by Gasteiger charge is 2.21. The lowest BCUT2D eigenvalue weighted by Crippen LogP contribution is -2.49. The Kier molecular flexibility index (Phi) is 5.22. The fraction of sp³-hybridized carbons (Fsp3) is 0.312. The van der Waals surface area contributed by atoms with Crippen molar-refractivity contribution in [3.8, 4) is 0 Å². The molecule has 0 unspecified atom stereocenters. The first-order chi connectivity index (χ1) is 11.6. The Hall–Kier alpha value is -2.25. The zero-order valence-electron chi connectivity index (χ0n) is 13.0. The molecular formula is C16H17ClFN5O. The van der Waals surface area contributed by atoms with Crippen molar-refractivity contribution < 1.29 is 9.18 Å². The third-order valence-electron chi connectivity index (χ3n) is 3.82. The molecule has 1 aliphatic rings. The number of carbonyl (C=O) groups is 1. The van der Waals surface area contributed by atoms with Crippen molar-refractivity contribution in [2.45, 2.75) is 0 Å². The van der Waals surface area contributed by atoms with Crippen molar-refractivity contribution in [1.29, 1.82) is 0 Å². The highest BCUT2D eigenvalue weighted by molar-refractivity contribution is 6.32. The molecule has 1 amide bonds. The molecule has 1 aromatic heterocycles. The molecule has 0 radical (unpaired) electrons. The second kappa shape index (κ2) is 7.55. The van der Waals surface area contributed by atoms with Gasteiger partial charge in [-0.05, 0) is 24.3 Å². The number of anilines is 2. The van der Waals surface area contributed by atoms with Gasteiger partial charge in [0.1, 0.15) is 17.2 Å². The molecule has 0 spiro atoms. The maximum absolute atomic E-state index is 12.9. The number of aromatic nitrogens is 2. The zero-order chi connectivity index (χ0) is 16.9. The van der Waals surface area contributed by atoms with Crippen LogP contribution in [-0.4, -0.2) is 53.5 Å². The summed E-state index contributed by atoms with van der Waals surface area (Å²) < 4.78 is 12.9. The van der Waals surface area contributed by atoms with Crippen LogP contribution in [0.25, 0.3) is 0 Å². The van der Waals surface area contributed by atoms with Crippen LogP contribution >= 0.6 is 11.6 Å². The van der Waals surface area contributed by atoms with Crippen LogP contribution in [0.5, 0.6) is 0 Å². The van der Waals surface area contributed by atoms with Crippen molar-refractivity contribution >= 4 is 29.0 Å². The lowest BCUT2D eigenvalue weighted by Gasteiger charge is -2.35. The largest absolute Gasteiger partial charge is 0.353 e. The Bertz CT molecular complexity index is 704. The Morgan fingerprint density at radius 2 is 1.92 bits per heavy atom. The van der Waals surface area contributed by atoms with E-state index < -0.39 is 0 Å². The van der Waals surface area contributed by atoms with Crippen LogP contribution in [0.3, 0.4) is 0 Å². The molecule has 2 heterocycles. The van der Waals surface area contributed by atoms with E-state index in [1.165, 1.54) is 18.5 Å². The summed E-state index contributed by atoms with van der Waals surface area (Å²) in [5.74, 6) is 0.282. The number of nitrogens with one attached hydrogen (secondary N) is 1. The van der Waals surface area contributed by atoms with Crippen molar-refractivity contribution in [1.82, 2.24) is 14.9 Å². The second-order valence-corrected chi connectivity index (χ2v) is 5.92. The van der Waals surface area contributed by atoms with Crippen molar-refractivity contribution in [3.63, 3.8) is 0 Å². The molecule has 126 valence electrons. The van der Waals surface area contributed by atoms with E-state index in [-0.39, 0.29) is 11.7 Å². The molecular weight excluding hydrogens is 333 g/mol. The molecule has 1 aromatic carbocycles. The molecule has 2 aromatic rings. The zero-order valence-corrected chi connectivity index (χ0v) is 13.7. The fourth-order valence-corrected chi connectivity index (χ4v) is 2.82. The summed E-state index contributed by atoms with van der Waals surface area (Å²) in [6.45, 7) is 3.23. The maximum atomic E-state index is 12.9. The summed E-state index contributed by atoms with van der Waals surface area (Å²) in [4.78, 5) is 24.3. The summed E-state index contributed by atoms with van der Waals surface area (Å²) >= 11 is 6.11. The molecule has 0 saturated carbocycles. The number of rotatable bonds is 4. The van der Waals surface area contributed by atoms with Gasteiger partial charge in [-0.1, -0.05) is 11.6 Å². The molecule has 1 aliphatic heterocycles. The van der Waals surface area contributed by atoms with E-state index in [2.05, 4.69) is 25.1 Å². The SMILES string of the molecule is O=C(CN1CCN(c2ncncc2Cl)CC1)Nc1ccc(F)cc1. The van der Waals surface area contributed by atoms with Gasteiger partial charge in [-0.15, -0.1) is 0 Å². The van der Waals surface area contributed by atoms with Crippen LogP contribution < -0.4 is 10.2 Å². The quantitative estimate of drug-likeness (QED) is 0.915. The average Bonchev–Trinajstić information content (AvgIpc) is 2.58. The minimum Gasteiger partial charge on any atom is -0.353 e. The van der Waals surface area contributed by atoms with Gasteiger partial charge in [0.25, 0.3) is 0 Å². The van der Waals surface area contributed by atoms with Crippen LogP contribution in [0.1, 0.15) is 0 Å². The summed E-state index contributed by atoms with van der Waals surface area (Å²) in [5.41, 5.74) is 0.591. The van der Waals surface area contributed by atoms with Gasteiger partial charge >= 0.3 is 0 Å². The lowest BCUT2D eigenvalue weighted by atomic mass is 10.3. The fourth-order valence-electron chi connectivity index (χ4n) is 2.59. The Morgan fingerprint density at radius 1 is 1.21 bits per heavy atom. The predicted molar refractivity (Wildman–Crippen MR) is 90.7 cm³/mol. The number of halogens is 2. The molecule has 1 N–H and O–H groups in total. The van der Waals surface area contributed by atoms with Gasteiger partial charge in [-0.2, -0.15) is 0 Å². The van der Waals surface area contributed by atoms with E-state index in [1.807, 2.05) is 0 Å². The highest BCUT2D eigenvalue weighted by Crippen LogP contribution is 2.22. The molecule has 6 nitrogen and oxygen atoms in total. The van der Waals surface area contributed by atoms with Crippen molar-refractivity contribution in [2.24, 2.45) is 0 Å². The van der Waals surface area contributed by atoms with Gasteiger partial charge < -0.3 is 10.2 Å². The normalized spacial score (nSPS) is 15.3. The van der Waals surface area contributed by atoms with Crippen molar-refractivity contribution in [3.05, 3.63) is 47.6 Å². The number of nitrogens with zero attached hydrogens (tertiary/aromatic N) is 4. The number of amides is 1. The minimum absolute atomic E-state index is 0.116.